The van der Waals surface area contributed by atoms with Gasteiger partial charge >= 0.3 is 0 Å². The van der Waals surface area contributed by atoms with Gasteiger partial charge in [0.1, 0.15) is 6.33 Å². The van der Waals surface area contributed by atoms with Gasteiger partial charge in [-0.05, 0) is 37.5 Å². The monoisotopic (exact) mass is 376 g/mol. The first kappa shape index (κ1) is 16.9. The normalized spacial score (nSPS) is 18.5. The lowest BCUT2D eigenvalue weighted by Crippen LogP contribution is -2.43. The van der Waals surface area contributed by atoms with Crippen LogP contribution in [-0.2, 0) is 5.54 Å². The number of fused-ring (bicyclic) bond motifs is 3. The summed E-state index contributed by atoms with van der Waals surface area (Å²) < 4.78 is 1.07. The molecule has 1 spiro atoms. The molecule has 0 unspecified atom stereocenters. The lowest BCUT2D eigenvalue weighted by Gasteiger charge is -2.34. The van der Waals surface area contributed by atoms with Gasteiger partial charge in [0.25, 0.3) is 5.91 Å². The number of aryl methyl sites for hydroxylation is 1. The molecule has 1 saturated carbocycles. The Morgan fingerprint density at radius 1 is 1.25 bits per heavy atom. The number of nitrogens with zero attached hydrogens (tertiary/aromatic N) is 5. The van der Waals surface area contributed by atoms with E-state index in [9.17, 15) is 10.0 Å². The Morgan fingerprint density at radius 2 is 2.07 bits per heavy atom. The van der Waals surface area contributed by atoms with Crippen LogP contribution in [0.4, 0.5) is 5.82 Å². The number of pyridine rings is 2. The molecule has 2 aliphatic rings. The van der Waals surface area contributed by atoms with E-state index < -0.39 is 5.54 Å². The third-order valence-corrected chi connectivity index (χ3v) is 5.78. The average molecular weight is 376 g/mol. The Bertz CT molecular complexity index is 1170. The first-order valence-electron chi connectivity index (χ1n) is 9.47. The summed E-state index contributed by atoms with van der Waals surface area (Å²) in [5.41, 5.74) is 2.47. The van der Waals surface area contributed by atoms with Crippen molar-refractivity contribution >= 4 is 22.6 Å². The molecule has 2 N–H and O–H groups in total. The van der Waals surface area contributed by atoms with Crippen LogP contribution in [0.3, 0.4) is 0 Å². The Labute approximate surface area is 161 Å². The van der Waals surface area contributed by atoms with Crippen molar-refractivity contribution in [1.82, 2.24) is 25.0 Å². The molecule has 0 radical (unpaired) electrons. The van der Waals surface area contributed by atoms with Gasteiger partial charge in [0.05, 0.1) is 28.5 Å². The Balaban J connectivity index is 1.77. The van der Waals surface area contributed by atoms with Crippen LogP contribution in [0.1, 0.15) is 53.7 Å². The Kier molecular flexibility index (Phi) is 3.68. The third-order valence-electron chi connectivity index (χ3n) is 5.78. The molecule has 1 aliphatic heterocycles. The van der Waals surface area contributed by atoms with Crippen molar-refractivity contribution < 1.29 is 10.0 Å². The fourth-order valence-corrected chi connectivity index (χ4v) is 4.49. The smallest absolute Gasteiger partial charge is 0.254 e. The maximum absolute atomic E-state index is 12.7. The molecule has 1 fully saturated rings. The van der Waals surface area contributed by atoms with Gasteiger partial charge in [-0.3, -0.25) is 9.78 Å². The van der Waals surface area contributed by atoms with Crippen molar-refractivity contribution in [1.29, 1.82) is 0 Å². The molecular weight excluding hydrogens is 356 g/mol. The third kappa shape index (κ3) is 2.41. The number of hydrogen-bond acceptors (Lipinski definition) is 6. The number of carbonyl (C=O) groups excluding carboxylic acids is 1. The molecule has 142 valence electrons. The van der Waals surface area contributed by atoms with Crippen molar-refractivity contribution in [3.63, 3.8) is 0 Å². The quantitative estimate of drug-likeness (QED) is 0.635. The standard InChI is InChI=1S/C20H20N6O2/c1-12-9-15(24-18-13-5-8-21-10-14(13)22-11-23-18)26(28)17-16(12)19(27)25-20(17)6-3-2-4-7-20/h5,8-11,28H,2-4,6-7H2,1H3,(H,25,27). The van der Waals surface area contributed by atoms with Crippen LogP contribution in [0.2, 0.25) is 0 Å². The van der Waals surface area contributed by atoms with Crippen LogP contribution in [0, 0.1) is 6.92 Å². The first-order valence-corrected chi connectivity index (χ1v) is 9.47. The van der Waals surface area contributed by atoms with E-state index in [0.29, 0.717) is 28.1 Å². The van der Waals surface area contributed by atoms with Gasteiger partial charge < -0.3 is 10.5 Å². The van der Waals surface area contributed by atoms with Crippen LogP contribution < -0.4 is 10.8 Å². The molecule has 1 aliphatic carbocycles. The number of rotatable bonds is 1. The second-order valence-corrected chi connectivity index (χ2v) is 7.52. The molecule has 0 bridgehead atoms. The summed E-state index contributed by atoms with van der Waals surface area (Å²) in [6.07, 6.45) is 9.55. The number of nitrogens with one attached hydrogen (secondary N) is 1. The molecule has 0 aromatic carbocycles. The number of hydrogen-bond donors (Lipinski definition) is 2. The van der Waals surface area contributed by atoms with Crippen molar-refractivity contribution in [2.24, 2.45) is 4.99 Å². The zero-order valence-electron chi connectivity index (χ0n) is 15.5. The minimum absolute atomic E-state index is 0.123. The van der Waals surface area contributed by atoms with E-state index in [1.165, 1.54) is 6.33 Å². The molecule has 0 atom stereocenters. The van der Waals surface area contributed by atoms with Crippen LogP contribution >= 0.6 is 0 Å². The predicted molar refractivity (Wildman–Crippen MR) is 101 cm³/mol. The minimum Gasteiger partial charge on any atom is -0.427 e. The van der Waals surface area contributed by atoms with Gasteiger partial charge in [0.2, 0.25) is 0 Å². The van der Waals surface area contributed by atoms with E-state index >= 15 is 0 Å². The predicted octanol–water partition coefficient (Wildman–Crippen LogP) is 2.51. The summed E-state index contributed by atoms with van der Waals surface area (Å²) in [5, 5.41) is 15.0. The van der Waals surface area contributed by atoms with E-state index in [4.69, 9.17) is 0 Å². The summed E-state index contributed by atoms with van der Waals surface area (Å²) >= 11 is 0. The zero-order valence-corrected chi connectivity index (χ0v) is 15.5. The molecule has 1 amide bonds. The zero-order chi connectivity index (χ0) is 19.3. The van der Waals surface area contributed by atoms with Crippen LogP contribution in [0.15, 0.2) is 35.8 Å². The Hall–Kier alpha value is -3.29. The van der Waals surface area contributed by atoms with Crippen molar-refractivity contribution in [2.45, 2.75) is 44.6 Å². The lowest BCUT2D eigenvalue weighted by molar-refractivity contribution is 0.0892. The molecule has 28 heavy (non-hydrogen) atoms. The first-order chi connectivity index (χ1) is 13.6. The van der Waals surface area contributed by atoms with Gasteiger partial charge in [-0.2, -0.15) is 4.73 Å². The summed E-state index contributed by atoms with van der Waals surface area (Å²) in [5.74, 6) is 0.326. The highest BCUT2D eigenvalue weighted by Gasteiger charge is 2.47. The second-order valence-electron chi connectivity index (χ2n) is 7.52. The SMILES string of the molecule is Cc1cc(=Nc2ncnc3cnccc23)n(O)c2c1C(=O)NC21CCCCC1. The lowest BCUT2D eigenvalue weighted by atomic mass is 9.79. The van der Waals surface area contributed by atoms with Gasteiger partial charge in [0, 0.05) is 11.6 Å². The van der Waals surface area contributed by atoms with Crippen molar-refractivity contribution in [3.8, 4) is 0 Å². The van der Waals surface area contributed by atoms with Gasteiger partial charge in [-0.25, -0.2) is 15.0 Å². The number of aromatic nitrogens is 4. The summed E-state index contributed by atoms with van der Waals surface area (Å²) in [6.45, 7) is 1.88. The highest BCUT2D eigenvalue weighted by atomic mass is 16.5. The molecular formula is C20H20N6O2. The molecule has 0 saturated heterocycles. The van der Waals surface area contributed by atoms with E-state index in [-0.39, 0.29) is 5.91 Å². The van der Waals surface area contributed by atoms with Gasteiger partial charge in [0.15, 0.2) is 11.3 Å². The molecule has 5 rings (SSSR count). The maximum atomic E-state index is 12.7. The largest absolute Gasteiger partial charge is 0.427 e. The van der Waals surface area contributed by atoms with E-state index in [1.807, 2.05) is 6.92 Å². The molecule has 8 heteroatoms. The molecule has 8 nitrogen and oxygen atoms in total. The minimum atomic E-state index is -0.520. The highest BCUT2D eigenvalue weighted by molar-refractivity contribution is 6.00. The van der Waals surface area contributed by atoms with Gasteiger partial charge in [-0.1, -0.05) is 19.3 Å². The summed E-state index contributed by atoms with van der Waals surface area (Å²) in [4.78, 5) is 29.8. The van der Waals surface area contributed by atoms with E-state index in [1.54, 1.807) is 24.5 Å². The number of amides is 1. The van der Waals surface area contributed by atoms with E-state index in [0.717, 1.165) is 47.8 Å². The average Bonchev–Trinajstić information content (AvgIpc) is 2.98. The van der Waals surface area contributed by atoms with Gasteiger partial charge in [-0.15, -0.1) is 0 Å². The topological polar surface area (TPSA) is 105 Å². The maximum Gasteiger partial charge on any atom is 0.254 e. The van der Waals surface area contributed by atoms with Crippen molar-refractivity contribution in [3.05, 3.63) is 53.2 Å². The van der Waals surface area contributed by atoms with E-state index in [2.05, 4.69) is 25.3 Å². The fourth-order valence-electron chi connectivity index (χ4n) is 4.49. The molecule has 3 aromatic heterocycles. The van der Waals surface area contributed by atoms with Crippen LogP contribution in [-0.4, -0.2) is 30.8 Å². The van der Waals surface area contributed by atoms with Crippen LogP contribution in [0.5, 0.6) is 0 Å². The number of carbonyl (C=O) groups is 1. The second kappa shape index (κ2) is 6.12. The summed E-state index contributed by atoms with van der Waals surface area (Å²) in [7, 11) is 0. The molecule has 3 aromatic rings. The summed E-state index contributed by atoms with van der Waals surface area (Å²) in [6, 6.07) is 3.51. The van der Waals surface area contributed by atoms with Crippen molar-refractivity contribution in [2.75, 3.05) is 0 Å². The highest BCUT2D eigenvalue weighted by Crippen LogP contribution is 2.42. The fraction of sp³-hybridized carbons (Fsp3) is 0.350. The Morgan fingerprint density at radius 3 is 2.89 bits per heavy atom. The molecule has 4 heterocycles. The van der Waals surface area contributed by atoms with Crippen LogP contribution in [0.25, 0.3) is 10.9 Å².